The Morgan fingerprint density at radius 1 is 1.41 bits per heavy atom. The molecular weight excluding hydrogens is 222 g/mol. The van der Waals surface area contributed by atoms with Gasteiger partial charge in [-0.2, -0.15) is 4.98 Å². The fourth-order valence-corrected chi connectivity index (χ4v) is 2.14. The molecule has 1 aliphatic heterocycles. The molecule has 2 heterocycles. The Balaban J connectivity index is 2.03. The van der Waals surface area contributed by atoms with Crippen molar-refractivity contribution in [2.75, 3.05) is 13.2 Å². The van der Waals surface area contributed by atoms with E-state index in [1.54, 1.807) is 6.92 Å². The van der Waals surface area contributed by atoms with Crippen LogP contribution in [0, 0.1) is 6.92 Å². The molecule has 0 radical (unpaired) electrons. The van der Waals surface area contributed by atoms with E-state index >= 15 is 0 Å². The molecule has 1 aromatic rings. The highest BCUT2D eigenvalue weighted by atomic mass is 16.5. The summed E-state index contributed by atoms with van der Waals surface area (Å²) in [5.74, 6) is 0.948. The number of rotatable bonds is 2. The van der Waals surface area contributed by atoms with Gasteiger partial charge in [-0.15, -0.1) is 0 Å². The predicted octanol–water partition coefficient (Wildman–Crippen LogP) is 0.556. The first kappa shape index (κ1) is 12.0. The van der Waals surface area contributed by atoms with Gasteiger partial charge in [-0.25, -0.2) is 0 Å². The lowest BCUT2D eigenvalue weighted by Crippen LogP contribution is -2.53. The van der Waals surface area contributed by atoms with Crippen molar-refractivity contribution >= 4 is 5.91 Å². The van der Waals surface area contributed by atoms with Crippen molar-refractivity contribution in [2.24, 2.45) is 0 Å². The minimum atomic E-state index is 0.0223. The van der Waals surface area contributed by atoms with Gasteiger partial charge in [0.2, 0.25) is 11.8 Å². The van der Waals surface area contributed by atoms with E-state index in [1.807, 2.05) is 18.7 Å². The number of ether oxygens (including phenoxy) is 1. The van der Waals surface area contributed by atoms with Gasteiger partial charge in [0.1, 0.15) is 0 Å². The molecular formula is C11H17N3O3. The summed E-state index contributed by atoms with van der Waals surface area (Å²) in [5, 5.41) is 3.74. The van der Waals surface area contributed by atoms with E-state index in [9.17, 15) is 4.79 Å². The van der Waals surface area contributed by atoms with Crippen molar-refractivity contribution in [3.05, 3.63) is 11.7 Å². The van der Waals surface area contributed by atoms with Crippen LogP contribution in [0.2, 0.25) is 0 Å². The summed E-state index contributed by atoms with van der Waals surface area (Å²) >= 11 is 0. The van der Waals surface area contributed by atoms with Crippen LogP contribution in [0.5, 0.6) is 0 Å². The zero-order valence-corrected chi connectivity index (χ0v) is 10.3. The third kappa shape index (κ3) is 2.63. The molecule has 6 nitrogen and oxygen atoms in total. The highest BCUT2D eigenvalue weighted by Crippen LogP contribution is 2.14. The monoisotopic (exact) mass is 239 g/mol. The Hall–Kier alpha value is -1.43. The quantitative estimate of drug-likeness (QED) is 0.754. The van der Waals surface area contributed by atoms with E-state index in [4.69, 9.17) is 9.26 Å². The molecule has 2 unspecified atom stereocenters. The van der Waals surface area contributed by atoms with Crippen LogP contribution in [0.3, 0.4) is 0 Å². The molecule has 0 spiro atoms. The van der Waals surface area contributed by atoms with Crippen LogP contribution < -0.4 is 0 Å². The minimum Gasteiger partial charge on any atom is -0.377 e. The average molecular weight is 239 g/mol. The van der Waals surface area contributed by atoms with Gasteiger partial charge in [-0.3, -0.25) is 4.79 Å². The van der Waals surface area contributed by atoms with Gasteiger partial charge in [-0.05, 0) is 13.8 Å². The molecule has 0 aliphatic carbocycles. The van der Waals surface area contributed by atoms with Crippen LogP contribution in [0.15, 0.2) is 4.52 Å². The number of aromatic nitrogens is 2. The van der Waals surface area contributed by atoms with Crippen molar-refractivity contribution in [3.8, 4) is 0 Å². The highest BCUT2D eigenvalue weighted by molar-refractivity contribution is 5.78. The summed E-state index contributed by atoms with van der Waals surface area (Å²) in [5.41, 5.74) is 0. The van der Waals surface area contributed by atoms with Crippen molar-refractivity contribution in [1.82, 2.24) is 15.0 Å². The van der Waals surface area contributed by atoms with Crippen molar-refractivity contribution in [2.45, 2.75) is 39.3 Å². The molecule has 94 valence electrons. The molecule has 0 aromatic carbocycles. The van der Waals surface area contributed by atoms with Gasteiger partial charge in [0.15, 0.2) is 5.82 Å². The molecule has 0 saturated carbocycles. The summed E-state index contributed by atoms with van der Waals surface area (Å²) in [6.45, 7) is 6.84. The first-order valence-corrected chi connectivity index (χ1v) is 5.76. The van der Waals surface area contributed by atoms with E-state index in [2.05, 4.69) is 10.1 Å². The van der Waals surface area contributed by atoms with Crippen molar-refractivity contribution in [1.29, 1.82) is 0 Å². The number of amides is 1. The van der Waals surface area contributed by atoms with E-state index < -0.39 is 0 Å². The van der Waals surface area contributed by atoms with Gasteiger partial charge in [0.25, 0.3) is 0 Å². The van der Waals surface area contributed by atoms with Gasteiger partial charge < -0.3 is 14.2 Å². The lowest BCUT2D eigenvalue weighted by Gasteiger charge is -2.38. The molecule has 2 atom stereocenters. The smallest absolute Gasteiger partial charge is 0.231 e. The fraction of sp³-hybridized carbons (Fsp3) is 0.727. The van der Waals surface area contributed by atoms with Crippen LogP contribution in [0.1, 0.15) is 25.6 Å². The maximum absolute atomic E-state index is 12.1. The maximum atomic E-state index is 12.1. The second kappa shape index (κ2) is 4.83. The van der Waals surface area contributed by atoms with Crippen LogP contribution in [0.4, 0.5) is 0 Å². The molecule has 17 heavy (non-hydrogen) atoms. The molecule has 0 N–H and O–H groups in total. The number of carbonyl (C=O) groups excluding carboxylic acids is 1. The molecule has 6 heteroatoms. The Morgan fingerprint density at radius 2 is 2.06 bits per heavy atom. The molecule has 1 saturated heterocycles. The standard InChI is InChI=1S/C11H17N3O3/c1-7-5-16-6-8(2)14(7)11(15)4-10-12-9(3)17-13-10/h7-8H,4-6H2,1-3H3. The third-order valence-electron chi connectivity index (χ3n) is 2.83. The number of morpholine rings is 1. The molecule has 1 fully saturated rings. The van der Waals surface area contributed by atoms with Crippen LogP contribution in [-0.4, -0.2) is 46.2 Å². The Labute approximate surface area is 99.9 Å². The van der Waals surface area contributed by atoms with Gasteiger partial charge in [0, 0.05) is 6.92 Å². The largest absolute Gasteiger partial charge is 0.377 e. The third-order valence-corrected chi connectivity index (χ3v) is 2.83. The van der Waals surface area contributed by atoms with Gasteiger partial charge in [-0.1, -0.05) is 5.16 Å². The molecule has 2 rings (SSSR count). The van der Waals surface area contributed by atoms with E-state index in [1.165, 1.54) is 0 Å². The number of aryl methyl sites for hydroxylation is 1. The second-order valence-corrected chi connectivity index (χ2v) is 4.44. The lowest BCUT2D eigenvalue weighted by molar-refractivity contribution is -0.143. The van der Waals surface area contributed by atoms with Crippen molar-refractivity contribution < 1.29 is 14.1 Å². The Kier molecular flexibility index (Phi) is 3.42. The SMILES string of the molecule is Cc1nc(CC(=O)N2C(C)COCC2C)no1. The first-order valence-electron chi connectivity index (χ1n) is 5.76. The summed E-state index contributed by atoms with van der Waals surface area (Å²) in [7, 11) is 0. The molecule has 0 bridgehead atoms. The fourth-order valence-electron chi connectivity index (χ4n) is 2.14. The van der Waals surface area contributed by atoms with E-state index in [-0.39, 0.29) is 24.4 Å². The zero-order valence-electron chi connectivity index (χ0n) is 10.3. The highest BCUT2D eigenvalue weighted by Gasteiger charge is 2.30. The number of carbonyl (C=O) groups is 1. The van der Waals surface area contributed by atoms with Crippen LogP contribution >= 0.6 is 0 Å². The summed E-state index contributed by atoms with van der Waals surface area (Å²) < 4.78 is 10.2. The lowest BCUT2D eigenvalue weighted by atomic mass is 10.1. The Morgan fingerprint density at radius 3 is 2.59 bits per heavy atom. The minimum absolute atomic E-state index is 0.0223. The first-order chi connectivity index (χ1) is 8.08. The zero-order chi connectivity index (χ0) is 12.4. The van der Waals surface area contributed by atoms with E-state index in [0.717, 1.165) is 0 Å². The van der Waals surface area contributed by atoms with Crippen LogP contribution in [0.25, 0.3) is 0 Å². The molecule has 1 aliphatic rings. The second-order valence-electron chi connectivity index (χ2n) is 4.44. The van der Waals surface area contributed by atoms with Crippen molar-refractivity contribution in [3.63, 3.8) is 0 Å². The summed E-state index contributed by atoms with van der Waals surface area (Å²) in [4.78, 5) is 18.0. The summed E-state index contributed by atoms with van der Waals surface area (Å²) in [6.07, 6.45) is 0.187. The van der Waals surface area contributed by atoms with Gasteiger partial charge >= 0.3 is 0 Å². The number of nitrogens with zero attached hydrogens (tertiary/aromatic N) is 3. The molecule has 1 amide bonds. The average Bonchev–Trinajstić information content (AvgIpc) is 2.63. The summed E-state index contributed by atoms with van der Waals surface area (Å²) in [6, 6.07) is 0.193. The number of hydrogen-bond acceptors (Lipinski definition) is 5. The topological polar surface area (TPSA) is 68.5 Å². The number of hydrogen-bond donors (Lipinski definition) is 0. The molecule has 1 aromatic heterocycles. The maximum Gasteiger partial charge on any atom is 0.231 e. The van der Waals surface area contributed by atoms with E-state index in [0.29, 0.717) is 24.9 Å². The predicted molar refractivity (Wildman–Crippen MR) is 59.3 cm³/mol. The Bertz CT molecular complexity index is 394. The normalized spacial score (nSPS) is 25.0. The van der Waals surface area contributed by atoms with Crippen LogP contribution in [-0.2, 0) is 16.0 Å². The van der Waals surface area contributed by atoms with Gasteiger partial charge in [0.05, 0.1) is 31.7 Å².